The van der Waals surface area contributed by atoms with Crippen LogP contribution in [0.5, 0.6) is 0 Å². The van der Waals surface area contributed by atoms with Gasteiger partial charge in [-0.05, 0) is 5.92 Å². The maximum atomic E-state index is 12.1. The van der Waals surface area contributed by atoms with E-state index in [0.717, 1.165) is 0 Å². The summed E-state index contributed by atoms with van der Waals surface area (Å²) in [7, 11) is 4.79. The Balaban J connectivity index is 2.59. The first kappa shape index (κ1) is 15.3. The predicted molar refractivity (Wildman–Crippen MR) is 68.6 cm³/mol. The number of nitrogens with zero attached hydrogens (tertiary/aromatic N) is 3. The van der Waals surface area contributed by atoms with Gasteiger partial charge in [0.1, 0.15) is 6.54 Å². The molecule has 1 saturated heterocycles. The van der Waals surface area contributed by atoms with Crippen LogP contribution in [0.25, 0.3) is 0 Å². The quantitative estimate of drug-likeness (QED) is 0.769. The molecule has 7 nitrogen and oxygen atoms in total. The van der Waals surface area contributed by atoms with Gasteiger partial charge in [-0.2, -0.15) is 0 Å². The summed E-state index contributed by atoms with van der Waals surface area (Å²) in [6.45, 7) is 2.43. The van der Waals surface area contributed by atoms with Crippen LogP contribution in [-0.4, -0.2) is 78.5 Å². The SMILES string of the molecule is CC1CN(C(=O)N(C)CC(=O)N(C)C)CC1C(=O)O. The Kier molecular flexibility index (Phi) is 4.74. The van der Waals surface area contributed by atoms with E-state index in [2.05, 4.69) is 0 Å². The van der Waals surface area contributed by atoms with Crippen LogP contribution >= 0.6 is 0 Å². The molecular weight excluding hydrogens is 250 g/mol. The first-order valence-electron chi connectivity index (χ1n) is 6.17. The summed E-state index contributed by atoms with van der Waals surface area (Å²) >= 11 is 0. The van der Waals surface area contributed by atoms with Gasteiger partial charge in [0.2, 0.25) is 5.91 Å². The van der Waals surface area contributed by atoms with Crippen LogP contribution in [0, 0.1) is 11.8 Å². The number of carbonyl (C=O) groups excluding carboxylic acids is 2. The number of likely N-dealkylation sites (tertiary alicyclic amines) is 1. The topological polar surface area (TPSA) is 81.2 Å². The average molecular weight is 271 g/mol. The predicted octanol–water partition coefficient (Wildman–Crippen LogP) is -0.221. The van der Waals surface area contributed by atoms with E-state index in [9.17, 15) is 14.4 Å². The molecule has 1 fully saturated rings. The number of amides is 3. The lowest BCUT2D eigenvalue weighted by atomic mass is 9.99. The van der Waals surface area contributed by atoms with Gasteiger partial charge in [-0.3, -0.25) is 9.59 Å². The van der Waals surface area contributed by atoms with Crippen molar-refractivity contribution < 1.29 is 19.5 Å². The van der Waals surface area contributed by atoms with Gasteiger partial charge < -0.3 is 19.8 Å². The summed E-state index contributed by atoms with van der Waals surface area (Å²) in [4.78, 5) is 38.9. The number of hydrogen-bond donors (Lipinski definition) is 1. The van der Waals surface area contributed by atoms with Gasteiger partial charge in [0.15, 0.2) is 0 Å². The summed E-state index contributed by atoms with van der Waals surface area (Å²) in [5.41, 5.74) is 0. The second kappa shape index (κ2) is 5.90. The molecule has 1 aliphatic heterocycles. The van der Waals surface area contributed by atoms with Crippen LogP contribution in [0.15, 0.2) is 0 Å². The molecule has 0 aromatic rings. The zero-order valence-electron chi connectivity index (χ0n) is 11.8. The summed E-state index contributed by atoms with van der Waals surface area (Å²) < 4.78 is 0. The fourth-order valence-corrected chi connectivity index (χ4v) is 2.10. The summed E-state index contributed by atoms with van der Waals surface area (Å²) in [6.07, 6.45) is 0. The summed E-state index contributed by atoms with van der Waals surface area (Å²) in [5, 5.41) is 9.03. The van der Waals surface area contributed by atoms with Crippen molar-refractivity contribution in [2.45, 2.75) is 6.92 Å². The van der Waals surface area contributed by atoms with Gasteiger partial charge in [-0.25, -0.2) is 4.79 Å². The number of rotatable bonds is 3. The zero-order valence-corrected chi connectivity index (χ0v) is 11.8. The Bertz CT molecular complexity index is 383. The van der Waals surface area contributed by atoms with Crippen molar-refractivity contribution >= 4 is 17.9 Å². The Morgan fingerprint density at radius 3 is 2.21 bits per heavy atom. The second-order valence-electron chi connectivity index (χ2n) is 5.25. The molecule has 0 saturated carbocycles. The van der Waals surface area contributed by atoms with E-state index in [1.165, 1.54) is 14.7 Å². The number of carbonyl (C=O) groups is 3. The van der Waals surface area contributed by atoms with Crippen molar-refractivity contribution in [3.63, 3.8) is 0 Å². The molecule has 0 aliphatic carbocycles. The summed E-state index contributed by atoms with van der Waals surface area (Å²) in [6, 6.07) is -0.300. The maximum absolute atomic E-state index is 12.1. The molecule has 0 bridgehead atoms. The molecule has 7 heteroatoms. The zero-order chi connectivity index (χ0) is 14.7. The minimum absolute atomic E-state index is 0.00550. The van der Waals surface area contributed by atoms with Crippen molar-refractivity contribution in [3.8, 4) is 0 Å². The minimum atomic E-state index is -0.880. The standard InChI is InChI=1S/C12H21N3O4/c1-8-5-15(6-9(8)11(17)18)12(19)14(4)7-10(16)13(2)3/h8-9H,5-7H2,1-4H3,(H,17,18). The van der Waals surface area contributed by atoms with E-state index in [4.69, 9.17) is 5.11 Å². The van der Waals surface area contributed by atoms with Crippen molar-refractivity contribution in [3.05, 3.63) is 0 Å². The molecule has 0 aromatic heterocycles. The van der Waals surface area contributed by atoms with Gasteiger partial charge in [-0.15, -0.1) is 0 Å². The van der Waals surface area contributed by atoms with Crippen LogP contribution in [0.3, 0.4) is 0 Å². The molecule has 1 rings (SSSR count). The van der Waals surface area contributed by atoms with E-state index < -0.39 is 11.9 Å². The maximum Gasteiger partial charge on any atom is 0.320 e. The number of carboxylic acids is 1. The lowest BCUT2D eigenvalue weighted by Crippen LogP contribution is -2.44. The monoisotopic (exact) mass is 271 g/mol. The highest BCUT2D eigenvalue weighted by Crippen LogP contribution is 2.23. The normalized spacial score (nSPS) is 22.2. The van der Waals surface area contributed by atoms with E-state index in [1.807, 2.05) is 6.92 Å². The number of carboxylic acid groups (broad SMARTS) is 1. The Morgan fingerprint density at radius 2 is 1.79 bits per heavy atom. The van der Waals surface area contributed by atoms with Gasteiger partial charge in [0, 0.05) is 34.2 Å². The van der Waals surface area contributed by atoms with Gasteiger partial charge in [-0.1, -0.05) is 6.92 Å². The molecule has 0 aromatic carbocycles. The third-order valence-corrected chi connectivity index (χ3v) is 3.40. The minimum Gasteiger partial charge on any atom is -0.481 e. The van der Waals surface area contributed by atoms with Crippen molar-refractivity contribution in [2.24, 2.45) is 11.8 Å². The number of aliphatic carboxylic acids is 1. The van der Waals surface area contributed by atoms with Crippen molar-refractivity contribution in [1.29, 1.82) is 0 Å². The first-order chi connectivity index (χ1) is 8.73. The molecular formula is C12H21N3O4. The second-order valence-corrected chi connectivity index (χ2v) is 5.25. The molecule has 2 atom stereocenters. The smallest absolute Gasteiger partial charge is 0.320 e. The highest BCUT2D eigenvalue weighted by molar-refractivity contribution is 5.84. The highest BCUT2D eigenvalue weighted by atomic mass is 16.4. The molecule has 1 N–H and O–H groups in total. The van der Waals surface area contributed by atoms with Crippen LogP contribution in [0.1, 0.15) is 6.92 Å². The van der Waals surface area contributed by atoms with E-state index in [0.29, 0.717) is 6.54 Å². The van der Waals surface area contributed by atoms with Gasteiger partial charge >= 0.3 is 12.0 Å². The molecule has 1 aliphatic rings. The third kappa shape index (κ3) is 3.59. The Hall–Kier alpha value is -1.79. The molecule has 2 unspecified atom stereocenters. The lowest BCUT2D eigenvalue weighted by Gasteiger charge is -2.25. The van der Waals surface area contributed by atoms with E-state index >= 15 is 0 Å². The van der Waals surface area contributed by atoms with Crippen molar-refractivity contribution in [1.82, 2.24) is 14.7 Å². The van der Waals surface area contributed by atoms with Crippen molar-refractivity contribution in [2.75, 3.05) is 40.8 Å². The van der Waals surface area contributed by atoms with Crippen LogP contribution in [0.2, 0.25) is 0 Å². The van der Waals surface area contributed by atoms with Gasteiger partial charge in [0.05, 0.1) is 5.92 Å². The molecule has 0 spiro atoms. The largest absolute Gasteiger partial charge is 0.481 e. The Morgan fingerprint density at radius 1 is 1.21 bits per heavy atom. The average Bonchev–Trinajstić information content (AvgIpc) is 2.70. The fraction of sp³-hybridized carbons (Fsp3) is 0.750. The number of urea groups is 1. The number of likely N-dealkylation sites (N-methyl/N-ethyl adjacent to an activating group) is 2. The Labute approximate surface area is 112 Å². The van der Waals surface area contributed by atoms with Gasteiger partial charge in [0.25, 0.3) is 0 Å². The number of hydrogen-bond acceptors (Lipinski definition) is 3. The molecule has 1 heterocycles. The molecule has 108 valence electrons. The lowest BCUT2D eigenvalue weighted by molar-refractivity contribution is -0.142. The molecule has 19 heavy (non-hydrogen) atoms. The van der Waals surface area contributed by atoms with Crippen LogP contribution in [-0.2, 0) is 9.59 Å². The first-order valence-corrected chi connectivity index (χ1v) is 6.17. The van der Waals surface area contributed by atoms with Crippen LogP contribution < -0.4 is 0 Å². The molecule has 0 radical (unpaired) electrons. The summed E-state index contributed by atoms with van der Waals surface area (Å²) in [5.74, 6) is -1.64. The van der Waals surface area contributed by atoms with E-state index in [-0.39, 0.29) is 30.9 Å². The van der Waals surface area contributed by atoms with E-state index in [1.54, 1.807) is 21.1 Å². The molecule has 3 amide bonds. The van der Waals surface area contributed by atoms with Crippen LogP contribution in [0.4, 0.5) is 4.79 Å². The highest BCUT2D eigenvalue weighted by Gasteiger charge is 2.38. The third-order valence-electron chi connectivity index (χ3n) is 3.40. The fourth-order valence-electron chi connectivity index (χ4n) is 2.10.